The molecule has 0 radical (unpaired) electrons. The van der Waals surface area contributed by atoms with E-state index in [2.05, 4.69) is 55.4 Å². The Hall–Kier alpha value is -0.860. The highest BCUT2D eigenvalue weighted by atomic mass is 15.2. The van der Waals surface area contributed by atoms with Crippen molar-refractivity contribution < 1.29 is 0 Å². The van der Waals surface area contributed by atoms with Crippen LogP contribution >= 0.6 is 0 Å². The van der Waals surface area contributed by atoms with Gasteiger partial charge < -0.3 is 5.32 Å². The van der Waals surface area contributed by atoms with Crippen LogP contribution in [0.4, 0.5) is 0 Å². The number of rotatable bonds is 5. The van der Waals surface area contributed by atoms with Crippen molar-refractivity contribution in [2.75, 3.05) is 13.6 Å². The van der Waals surface area contributed by atoms with Crippen LogP contribution in [-0.4, -0.2) is 30.6 Å². The normalized spacial score (nSPS) is 23.8. The van der Waals surface area contributed by atoms with E-state index in [0.717, 1.165) is 13.1 Å². The highest BCUT2D eigenvalue weighted by molar-refractivity contribution is 5.25. The van der Waals surface area contributed by atoms with Crippen LogP contribution < -0.4 is 5.32 Å². The molecule has 0 spiro atoms. The van der Waals surface area contributed by atoms with Gasteiger partial charge in [-0.05, 0) is 44.5 Å². The van der Waals surface area contributed by atoms with Gasteiger partial charge in [0.25, 0.3) is 0 Å². The van der Waals surface area contributed by atoms with E-state index in [-0.39, 0.29) is 0 Å². The first-order valence-electron chi connectivity index (χ1n) is 8.70. The summed E-state index contributed by atoms with van der Waals surface area (Å²) in [6, 6.07) is 10.1. The SMILES string of the molecule is CCNC1CCCCCCC1N(C)Cc1ccccc1C. The van der Waals surface area contributed by atoms with Gasteiger partial charge in [-0.3, -0.25) is 4.90 Å². The van der Waals surface area contributed by atoms with Gasteiger partial charge in [0.15, 0.2) is 0 Å². The minimum absolute atomic E-state index is 0.657. The fourth-order valence-corrected chi connectivity index (χ4v) is 3.67. The molecule has 1 aromatic rings. The highest BCUT2D eigenvalue weighted by Crippen LogP contribution is 2.23. The molecule has 21 heavy (non-hydrogen) atoms. The molecule has 2 unspecified atom stereocenters. The van der Waals surface area contributed by atoms with Crippen LogP contribution in [-0.2, 0) is 6.54 Å². The molecule has 118 valence electrons. The Morgan fingerprint density at radius 1 is 1.10 bits per heavy atom. The summed E-state index contributed by atoms with van der Waals surface area (Å²) in [4.78, 5) is 2.58. The van der Waals surface area contributed by atoms with Crippen molar-refractivity contribution in [1.29, 1.82) is 0 Å². The van der Waals surface area contributed by atoms with Gasteiger partial charge in [-0.1, -0.05) is 56.9 Å². The van der Waals surface area contributed by atoms with Gasteiger partial charge >= 0.3 is 0 Å². The minimum atomic E-state index is 0.657. The molecule has 1 N–H and O–H groups in total. The molecule has 1 fully saturated rings. The lowest BCUT2D eigenvalue weighted by Gasteiger charge is -2.37. The van der Waals surface area contributed by atoms with Gasteiger partial charge in [-0.25, -0.2) is 0 Å². The number of hydrogen-bond donors (Lipinski definition) is 1. The van der Waals surface area contributed by atoms with Gasteiger partial charge in [0.1, 0.15) is 0 Å². The van der Waals surface area contributed by atoms with E-state index in [9.17, 15) is 0 Å². The Morgan fingerprint density at radius 3 is 2.52 bits per heavy atom. The van der Waals surface area contributed by atoms with Crippen molar-refractivity contribution in [2.24, 2.45) is 0 Å². The summed E-state index contributed by atoms with van der Waals surface area (Å²) in [5.41, 5.74) is 2.88. The summed E-state index contributed by atoms with van der Waals surface area (Å²) < 4.78 is 0. The van der Waals surface area contributed by atoms with E-state index in [1.807, 2.05) is 0 Å². The maximum absolute atomic E-state index is 3.74. The van der Waals surface area contributed by atoms with Crippen LogP contribution in [0.25, 0.3) is 0 Å². The fourth-order valence-electron chi connectivity index (χ4n) is 3.67. The zero-order valence-corrected chi connectivity index (χ0v) is 14.1. The standard InChI is InChI=1S/C19H32N2/c1-4-20-18-13-7-5-6-8-14-19(18)21(3)15-17-12-10-9-11-16(17)2/h9-12,18-20H,4-8,13-15H2,1-3H3. The first kappa shape index (κ1) is 16.5. The zero-order chi connectivity index (χ0) is 15.1. The number of hydrogen-bond acceptors (Lipinski definition) is 2. The lowest BCUT2D eigenvalue weighted by atomic mass is 9.91. The van der Waals surface area contributed by atoms with Crippen LogP contribution in [0.1, 0.15) is 56.6 Å². The van der Waals surface area contributed by atoms with E-state index in [0.29, 0.717) is 12.1 Å². The Kier molecular flexibility index (Phi) is 6.72. The van der Waals surface area contributed by atoms with E-state index >= 15 is 0 Å². The Labute approximate surface area is 130 Å². The van der Waals surface area contributed by atoms with Crippen molar-refractivity contribution in [3.8, 4) is 0 Å². The number of aryl methyl sites for hydroxylation is 1. The molecule has 0 bridgehead atoms. The second-order valence-corrected chi connectivity index (χ2v) is 6.56. The van der Waals surface area contributed by atoms with E-state index in [4.69, 9.17) is 0 Å². The molecule has 2 nitrogen and oxygen atoms in total. The van der Waals surface area contributed by atoms with Crippen LogP contribution in [0.15, 0.2) is 24.3 Å². The van der Waals surface area contributed by atoms with Gasteiger partial charge in [0.2, 0.25) is 0 Å². The van der Waals surface area contributed by atoms with Gasteiger partial charge in [-0.2, -0.15) is 0 Å². The summed E-state index contributed by atoms with van der Waals surface area (Å²) in [5, 5.41) is 3.74. The number of likely N-dealkylation sites (N-methyl/N-ethyl adjacent to an activating group) is 2. The molecule has 0 aromatic heterocycles. The Balaban J connectivity index is 2.05. The third kappa shape index (κ3) is 4.82. The maximum Gasteiger partial charge on any atom is 0.0249 e. The van der Waals surface area contributed by atoms with E-state index in [1.54, 1.807) is 0 Å². The van der Waals surface area contributed by atoms with E-state index < -0.39 is 0 Å². The summed E-state index contributed by atoms with van der Waals surface area (Å²) in [5.74, 6) is 0. The molecular weight excluding hydrogens is 256 g/mol. The Morgan fingerprint density at radius 2 is 1.81 bits per heavy atom. The zero-order valence-electron chi connectivity index (χ0n) is 14.1. The lowest BCUT2D eigenvalue weighted by Crippen LogP contribution is -2.48. The summed E-state index contributed by atoms with van der Waals surface area (Å²) in [7, 11) is 2.31. The van der Waals surface area contributed by atoms with Crippen LogP contribution in [0.2, 0.25) is 0 Å². The quantitative estimate of drug-likeness (QED) is 0.876. The molecule has 0 heterocycles. The average molecular weight is 288 g/mol. The lowest BCUT2D eigenvalue weighted by molar-refractivity contribution is 0.157. The minimum Gasteiger partial charge on any atom is -0.313 e. The second kappa shape index (κ2) is 8.55. The monoisotopic (exact) mass is 288 g/mol. The third-order valence-electron chi connectivity index (χ3n) is 4.94. The van der Waals surface area contributed by atoms with Crippen LogP contribution in [0.5, 0.6) is 0 Å². The van der Waals surface area contributed by atoms with Gasteiger partial charge in [-0.15, -0.1) is 0 Å². The molecule has 2 rings (SSSR count). The molecule has 2 heteroatoms. The van der Waals surface area contributed by atoms with Crippen molar-refractivity contribution >= 4 is 0 Å². The van der Waals surface area contributed by atoms with Crippen molar-refractivity contribution in [3.05, 3.63) is 35.4 Å². The first-order valence-corrected chi connectivity index (χ1v) is 8.70. The second-order valence-electron chi connectivity index (χ2n) is 6.56. The smallest absolute Gasteiger partial charge is 0.0249 e. The molecule has 1 aliphatic rings. The van der Waals surface area contributed by atoms with Gasteiger partial charge in [0.05, 0.1) is 0 Å². The molecule has 0 saturated heterocycles. The largest absolute Gasteiger partial charge is 0.313 e. The maximum atomic E-state index is 3.74. The summed E-state index contributed by atoms with van der Waals surface area (Å²) in [6.45, 7) is 6.61. The molecule has 0 aliphatic heterocycles. The fraction of sp³-hybridized carbons (Fsp3) is 0.684. The number of nitrogens with zero attached hydrogens (tertiary/aromatic N) is 1. The van der Waals surface area contributed by atoms with Crippen molar-refractivity contribution in [1.82, 2.24) is 10.2 Å². The number of benzene rings is 1. The molecule has 1 aromatic carbocycles. The van der Waals surface area contributed by atoms with E-state index in [1.165, 1.54) is 49.7 Å². The Bertz CT molecular complexity index is 416. The highest BCUT2D eigenvalue weighted by Gasteiger charge is 2.25. The van der Waals surface area contributed by atoms with Crippen molar-refractivity contribution in [3.63, 3.8) is 0 Å². The third-order valence-corrected chi connectivity index (χ3v) is 4.94. The van der Waals surface area contributed by atoms with Crippen LogP contribution in [0, 0.1) is 6.92 Å². The van der Waals surface area contributed by atoms with Gasteiger partial charge in [0, 0.05) is 18.6 Å². The molecule has 1 saturated carbocycles. The predicted octanol–water partition coefficient (Wildman–Crippen LogP) is 4.13. The molecule has 0 amide bonds. The molecule has 2 atom stereocenters. The molecule has 1 aliphatic carbocycles. The topological polar surface area (TPSA) is 15.3 Å². The summed E-state index contributed by atoms with van der Waals surface area (Å²) >= 11 is 0. The molecular formula is C19H32N2. The van der Waals surface area contributed by atoms with Crippen LogP contribution in [0.3, 0.4) is 0 Å². The number of nitrogens with one attached hydrogen (secondary N) is 1. The average Bonchev–Trinajstić information content (AvgIpc) is 2.44. The van der Waals surface area contributed by atoms with Crippen molar-refractivity contribution in [2.45, 2.75) is 71.0 Å². The predicted molar refractivity (Wildman–Crippen MR) is 91.6 cm³/mol. The first-order chi connectivity index (χ1) is 10.2. The summed E-state index contributed by atoms with van der Waals surface area (Å²) in [6.07, 6.45) is 8.25.